The van der Waals surface area contributed by atoms with E-state index in [0.29, 0.717) is 18.4 Å². The summed E-state index contributed by atoms with van der Waals surface area (Å²) >= 11 is 3.31. The highest BCUT2D eigenvalue weighted by molar-refractivity contribution is 9.10. The number of rotatable bonds is 5. The van der Waals surface area contributed by atoms with Crippen LogP contribution in [0.15, 0.2) is 22.7 Å². The van der Waals surface area contributed by atoms with Crippen LogP contribution >= 0.6 is 15.9 Å². The molecule has 96 valence electrons. The van der Waals surface area contributed by atoms with Crippen LogP contribution in [0.5, 0.6) is 0 Å². The first-order chi connectivity index (χ1) is 7.92. The molecule has 1 rings (SSSR count). The predicted molar refractivity (Wildman–Crippen MR) is 69.3 cm³/mol. The molecule has 0 aliphatic heterocycles. The standard InChI is InChI=1S/C13H18BrFO2/c1-3-13(17,4-2)12(16)8-9-7-10(15)5-6-11(9)14/h5-7,12,16-17H,3-4,8H2,1-2H3. The zero-order valence-corrected chi connectivity index (χ0v) is 11.7. The average molecular weight is 305 g/mol. The van der Waals surface area contributed by atoms with E-state index in [1.807, 2.05) is 13.8 Å². The maximum Gasteiger partial charge on any atom is 0.123 e. The van der Waals surface area contributed by atoms with Gasteiger partial charge in [-0.3, -0.25) is 0 Å². The average Bonchev–Trinajstić information content (AvgIpc) is 2.32. The fourth-order valence-electron chi connectivity index (χ4n) is 1.82. The first-order valence-corrected chi connectivity index (χ1v) is 6.56. The van der Waals surface area contributed by atoms with Gasteiger partial charge >= 0.3 is 0 Å². The summed E-state index contributed by atoms with van der Waals surface area (Å²) < 4.78 is 13.8. The van der Waals surface area contributed by atoms with Crippen LogP contribution < -0.4 is 0 Å². The minimum Gasteiger partial charge on any atom is -0.390 e. The molecule has 0 bridgehead atoms. The van der Waals surface area contributed by atoms with E-state index in [4.69, 9.17) is 0 Å². The Morgan fingerprint density at radius 2 is 1.94 bits per heavy atom. The van der Waals surface area contributed by atoms with Crippen molar-refractivity contribution in [2.75, 3.05) is 0 Å². The highest BCUT2D eigenvalue weighted by atomic mass is 79.9. The highest BCUT2D eigenvalue weighted by Gasteiger charge is 2.32. The van der Waals surface area contributed by atoms with Crippen LogP contribution in [0.2, 0.25) is 0 Å². The Morgan fingerprint density at radius 1 is 1.35 bits per heavy atom. The van der Waals surface area contributed by atoms with Gasteiger partial charge in [-0.05, 0) is 36.6 Å². The minimum atomic E-state index is -1.11. The van der Waals surface area contributed by atoms with Crippen molar-refractivity contribution in [1.29, 1.82) is 0 Å². The van der Waals surface area contributed by atoms with E-state index in [2.05, 4.69) is 15.9 Å². The first-order valence-electron chi connectivity index (χ1n) is 5.77. The smallest absolute Gasteiger partial charge is 0.123 e. The van der Waals surface area contributed by atoms with Gasteiger partial charge in [-0.2, -0.15) is 0 Å². The molecular weight excluding hydrogens is 287 g/mol. The predicted octanol–water partition coefficient (Wildman–Crippen LogP) is 3.04. The molecule has 0 spiro atoms. The maximum atomic E-state index is 13.1. The van der Waals surface area contributed by atoms with Crippen molar-refractivity contribution in [3.8, 4) is 0 Å². The molecule has 0 saturated heterocycles. The summed E-state index contributed by atoms with van der Waals surface area (Å²) in [5.41, 5.74) is -0.441. The zero-order valence-electron chi connectivity index (χ0n) is 10.1. The second kappa shape index (κ2) is 5.94. The molecule has 1 aromatic rings. The molecule has 1 unspecified atom stereocenters. The maximum absolute atomic E-state index is 13.1. The third-order valence-corrected chi connectivity index (χ3v) is 4.04. The van der Waals surface area contributed by atoms with Gasteiger partial charge in [0.25, 0.3) is 0 Å². The SMILES string of the molecule is CCC(O)(CC)C(O)Cc1cc(F)ccc1Br. The first kappa shape index (κ1) is 14.6. The number of halogens is 2. The molecule has 2 nitrogen and oxygen atoms in total. The van der Waals surface area contributed by atoms with Gasteiger partial charge in [0.1, 0.15) is 5.82 Å². The van der Waals surface area contributed by atoms with Gasteiger partial charge in [-0.15, -0.1) is 0 Å². The summed E-state index contributed by atoms with van der Waals surface area (Å²) in [4.78, 5) is 0. The van der Waals surface area contributed by atoms with Crippen LogP contribution in [0.4, 0.5) is 4.39 Å². The molecule has 2 N–H and O–H groups in total. The Balaban J connectivity index is 2.87. The van der Waals surface area contributed by atoms with Crippen molar-refractivity contribution in [2.45, 2.75) is 44.8 Å². The van der Waals surface area contributed by atoms with Crippen molar-refractivity contribution < 1.29 is 14.6 Å². The lowest BCUT2D eigenvalue weighted by molar-refractivity contribution is -0.0790. The molecule has 4 heteroatoms. The number of hydrogen-bond donors (Lipinski definition) is 2. The zero-order chi connectivity index (χ0) is 13.1. The van der Waals surface area contributed by atoms with Crippen LogP contribution in [0, 0.1) is 5.82 Å². The van der Waals surface area contributed by atoms with Crippen LogP contribution in [0.1, 0.15) is 32.3 Å². The Kier molecular flexibility index (Phi) is 5.10. The fourth-order valence-corrected chi connectivity index (χ4v) is 2.23. The normalized spacial score (nSPS) is 13.8. The highest BCUT2D eigenvalue weighted by Crippen LogP contribution is 2.26. The molecule has 0 aromatic heterocycles. The van der Waals surface area contributed by atoms with Crippen molar-refractivity contribution in [1.82, 2.24) is 0 Å². The van der Waals surface area contributed by atoms with Gasteiger partial charge in [0.15, 0.2) is 0 Å². The lowest BCUT2D eigenvalue weighted by Crippen LogP contribution is -2.42. The molecule has 0 aliphatic carbocycles. The molecule has 0 fully saturated rings. The van der Waals surface area contributed by atoms with Gasteiger partial charge in [-0.1, -0.05) is 29.8 Å². The van der Waals surface area contributed by atoms with Crippen molar-refractivity contribution in [2.24, 2.45) is 0 Å². The summed E-state index contributed by atoms with van der Waals surface area (Å²) in [5, 5.41) is 20.2. The Morgan fingerprint density at radius 3 is 2.47 bits per heavy atom. The third-order valence-electron chi connectivity index (χ3n) is 3.27. The molecule has 0 saturated carbocycles. The molecule has 1 atom stereocenters. The molecule has 0 amide bonds. The summed E-state index contributed by atoms with van der Waals surface area (Å²) in [6.45, 7) is 3.65. The summed E-state index contributed by atoms with van der Waals surface area (Å²) in [6, 6.07) is 4.33. The number of benzene rings is 1. The van der Waals surface area contributed by atoms with Gasteiger partial charge in [0.05, 0.1) is 11.7 Å². The summed E-state index contributed by atoms with van der Waals surface area (Å²) in [6.07, 6.45) is 0.279. The Labute approximate surface area is 110 Å². The quantitative estimate of drug-likeness (QED) is 0.878. The van der Waals surface area contributed by atoms with Crippen LogP contribution in [0.3, 0.4) is 0 Å². The monoisotopic (exact) mass is 304 g/mol. The van der Waals surface area contributed by atoms with E-state index in [-0.39, 0.29) is 12.2 Å². The van der Waals surface area contributed by atoms with Gasteiger partial charge in [-0.25, -0.2) is 4.39 Å². The van der Waals surface area contributed by atoms with Crippen molar-refractivity contribution in [3.63, 3.8) is 0 Å². The lowest BCUT2D eigenvalue weighted by Gasteiger charge is -2.31. The topological polar surface area (TPSA) is 40.5 Å². The van der Waals surface area contributed by atoms with Gasteiger partial charge in [0, 0.05) is 10.9 Å². The Hall–Kier alpha value is -0.450. The van der Waals surface area contributed by atoms with Crippen LogP contribution in [-0.2, 0) is 6.42 Å². The Bertz CT molecular complexity index is 378. The van der Waals surface area contributed by atoms with E-state index in [0.717, 1.165) is 4.47 Å². The van der Waals surface area contributed by atoms with Crippen LogP contribution in [0.25, 0.3) is 0 Å². The minimum absolute atomic E-state index is 0.233. The second-order valence-corrected chi connectivity index (χ2v) is 5.12. The van der Waals surface area contributed by atoms with Gasteiger partial charge in [0.2, 0.25) is 0 Å². The molecular formula is C13H18BrFO2. The van der Waals surface area contributed by atoms with E-state index in [1.54, 1.807) is 6.07 Å². The molecule has 0 aliphatic rings. The van der Waals surface area contributed by atoms with E-state index >= 15 is 0 Å². The number of aliphatic hydroxyl groups excluding tert-OH is 1. The largest absolute Gasteiger partial charge is 0.390 e. The number of aliphatic hydroxyl groups is 2. The molecule has 1 aromatic carbocycles. The molecule has 17 heavy (non-hydrogen) atoms. The summed E-state index contributed by atoms with van der Waals surface area (Å²) in [5.74, 6) is -0.341. The van der Waals surface area contributed by atoms with Crippen molar-refractivity contribution >= 4 is 15.9 Å². The third kappa shape index (κ3) is 3.50. The van der Waals surface area contributed by atoms with E-state index in [1.165, 1.54) is 12.1 Å². The lowest BCUT2D eigenvalue weighted by atomic mass is 9.87. The second-order valence-electron chi connectivity index (χ2n) is 4.27. The fraction of sp³-hybridized carbons (Fsp3) is 0.538. The number of hydrogen-bond acceptors (Lipinski definition) is 2. The molecule has 0 heterocycles. The van der Waals surface area contributed by atoms with Crippen LogP contribution in [-0.4, -0.2) is 21.9 Å². The van der Waals surface area contributed by atoms with Crippen molar-refractivity contribution in [3.05, 3.63) is 34.1 Å². The summed E-state index contributed by atoms with van der Waals surface area (Å²) in [7, 11) is 0. The van der Waals surface area contributed by atoms with E-state index < -0.39 is 11.7 Å². The van der Waals surface area contributed by atoms with E-state index in [9.17, 15) is 14.6 Å². The molecule has 0 radical (unpaired) electrons. The van der Waals surface area contributed by atoms with Gasteiger partial charge < -0.3 is 10.2 Å².